The van der Waals surface area contributed by atoms with E-state index in [2.05, 4.69) is 29.4 Å². The van der Waals surface area contributed by atoms with Crippen LogP contribution >= 0.6 is 11.8 Å². The van der Waals surface area contributed by atoms with Gasteiger partial charge in [0, 0.05) is 11.8 Å². The monoisotopic (exact) mass is 396 g/mol. The summed E-state index contributed by atoms with van der Waals surface area (Å²) in [6.07, 6.45) is 1.63. The van der Waals surface area contributed by atoms with Gasteiger partial charge in [0.05, 0.1) is 18.0 Å². The summed E-state index contributed by atoms with van der Waals surface area (Å²) in [5.74, 6) is 1.13. The average Bonchev–Trinajstić information content (AvgIpc) is 3.16. The molecule has 0 saturated heterocycles. The SMILES string of the molecule is COc1cccc(-n2cnnc2SC(C)C(=O)Nc2ccc(C(C)C)cc2)c1. The average molecular weight is 397 g/mol. The molecule has 1 N–H and O–H groups in total. The van der Waals surface area contributed by atoms with Crippen LogP contribution in [0.5, 0.6) is 5.75 Å². The van der Waals surface area contributed by atoms with Crippen molar-refractivity contribution in [3.63, 3.8) is 0 Å². The number of aromatic nitrogens is 3. The number of hydrogen-bond acceptors (Lipinski definition) is 5. The lowest BCUT2D eigenvalue weighted by molar-refractivity contribution is -0.115. The first kappa shape index (κ1) is 19.9. The van der Waals surface area contributed by atoms with E-state index in [9.17, 15) is 4.79 Å². The van der Waals surface area contributed by atoms with E-state index in [1.807, 2.05) is 60.0 Å². The number of anilines is 1. The molecule has 7 heteroatoms. The number of carbonyl (C=O) groups is 1. The molecule has 0 aliphatic carbocycles. The van der Waals surface area contributed by atoms with Crippen LogP contribution in [0.4, 0.5) is 5.69 Å². The van der Waals surface area contributed by atoms with Crippen LogP contribution in [-0.4, -0.2) is 33.0 Å². The predicted molar refractivity (Wildman–Crippen MR) is 112 cm³/mol. The molecule has 0 bridgehead atoms. The first-order valence-electron chi connectivity index (χ1n) is 9.10. The molecular formula is C21H24N4O2S. The summed E-state index contributed by atoms with van der Waals surface area (Å²) in [4.78, 5) is 12.6. The van der Waals surface area contributed by atoms with Gasteiger partial charge in [0.1, 0.15) is 12.1 Å². The topological polar surface area (TPSA) is 69.0 Å². The van der Waals surface area contributed by atoms with Gasteiger partial charge in [-0.1, -0.05) is 43.8 Å². The maximum Gasteiger partial charge on any atom is 0.237 e. The van der Waals surface area contributed by atoms with Crippen LogP contribution in [0.15, 0.2) is 60.0 Å². The number of nitrogens with one attached hydrogen (secondary N) is 1. The zero-order chi connectivity index (χ0) is 20.1. The molecule has 0 fully saturated rings. The van der Waals surface area contributed by atoms with Crippen molar-refractivity contribution in [2.24, 2.45) is 0 Å². The number of ether oxygens (including phenoxy) is 1. The van der Waals surface area contributed by atoms with Crippen LogP contribution in [0.3, 0.4) is 0 Å². The molecule has 0 saturated carbocycles. The Bertz CT molecular complexity index is 938. The molecule has 1 amide bonds. The standard InChI is InChI=1S/C21H24N4O2S/c1-14(2)16-8-10-17(11-9-16)23-20(26)15(3)28-21-24-22-13-25(21)18-6-5-7-19(12-18)27-4/h5-15H,1-4H3,(H,23,26). The van der Waals surface area contributed by atoms with Gasteiger partial charge in [-0.05, 0) is 42.7 Å². The molecule has 28 heavy (non-hydrogen) atoms. The highest BCUT2D eigenvalue weighted by Gasteiger charge is 2.19. The van der Waals surface area contributed by atoms with Gasteiger partial charge in [-0.2, -0.15) is 0 Å². The van der Waals surface area contributed by atoms with Gasteiger partial charge in [0.15, 0.2) is 5.16 Å². The van der Waals surface area contributed by atoms with Crippen molar-refractivity contribution in [3.05, 3.63) is 60.4 Å². The summed E-state index contributed by atoms with van der Waals surface area (Å²) in [7, 11) is 1.63. The van der Waals surface area contributed by atoms with Crippen LogP contribution in [0.2, 0.25) is 0 Å². The van der Waals surface area contributed by atoms with Gasteiger partial charge >= 0.3 is 0 Å². The first-order valence-corrected chi connectivity index (χ1v) is 9.98. The van der Waals surface area contributed by atoms with Crippen molar-refractivity contribution in [2.45, 2.75) is 37.1 Å². The molecule has 0 aliphatic rings. The van der Waals surface area contributed by atoms with Crippen molar-refractivity contribution in [2.75, 3.05) is 12.4 Å². The summed E-state index contributed by atoms with van der Waals surface area (Å²) in [5.41, 5.74) is 2.91. The van der Waals surface area contributed by atoms with E-state index in [-0.39, 0.29) is 11.2 Å². The zero-order valence-corrected chi connectivity index (χ0v) is 17.2. The maximum atomic E-state index is 12.6. The van der Waals surface area contributed by atoms with Crippen molar-refractivity contribution >= 4 is 23.4 Å². The third-order valence-electron chi connectivity index (χ3n) is 4.34. The number of carbonyl (C=O) groups excluding carboxylic acids is 1. The second kappa shape index (κ2) is 8.93. The highest BCUT2D eigenvalue weighted by Crippen LogP contribution is 2.26. The minimum atomic E-state index is -0.335. The quantitative estimate of drug-likeness (QED) is 0.595. The van der Waals surface area contributed by atoms with Crippen LogP contribution in [0.1, 0.15) is 32.3 Å². The second-order valence-corrected chi connectivity index (χ2v) is 8.02. The Balaban J connectivity index is 1.68. The van der Waals surface area contributed by atoms with Crippen LogP contribution < -0.4 is 10.1 Å². The van der Waals surface area contributed by atoms with Gasteiger partial charge in [0.25, 0.3) is 0 Å². The Hall–Kier alpha value is -2.80. The molecule has 1 atom stereocenters. The molecule has 146 valence electrons. The lowest BCUT2D eigenvalue weighted by atomic mass is 10.0. The number of amides is 1. The number of thioether (sulfide) groups is 1. The molecule has 6 nitrogen and oxygen atoms in total. The fraction of sp³-hybridized carbons (Fsp3) is 0.286. The molecule has 3 rings (SSSR count). The van der Waals surface area contributed by atoms with E-state index in [0.717, 1.165) is 17.1 Å². The number of methoxy groups -OCH3 is 1. The fourth-order valence-corrected chi connectivity index (χ4v) is 3.49. The lowest BCUT2D eigenvalue weighted by Gasteiger charge is -2.13. The van der Waals surface area contributed by atoms with Crippen molar-refractivity contribution in [3.8, 4) is 11.4 Å². The van der Waals surface area contributed by atoms with E-state index < -0.39 is 0 Å². The lowest BCUT2D eigenvalue weighted by Crippen LogP contribution is -2.22. The van der Waals surface area contributed by atoms with E-state index in [1.54, 1.807) is 13.4 Å². The predicted octanol–water partition coefficient (Wildman–Crippen LogP) is 4.52. The number of hydrogen-bond donors (Lipinski definition) is 1. The Kier molecular flexibility index (Phi) is 6.36. The van der Waals surface area contributed by atoms with Crippen molar-refractivity contribution in [1.82, 2.24) is 14.8 Å². The van der Waals surface area contributed by atoms with E-state index in [0.29, 0.717) is 11.1 Å². The summed E-state index contributed by atoms with van der Waals surface area (Å²) in [5, 5.41) is 11.4. The van der Waals surface area contributed by atoms with Gasteiger partial charge in [-0.25, -0.2) is 0 Å². The van der Waals surface area contributed by atoms with E-state index in [1.165, 1.54) is 17.3 Å². The van der Waals surface area contributed by atoms with Gasteiger partial charge in [-0.3, -0.25) is 9.36 Å². The Labute approximate surface area is 169 Å². The van der Waals surface area contributed by atoms with Gasteiger partial charge < -0.3 is 10.1 Å². The summed E-state index contributed by atoms with van der Waals surface area (Å²) >= 11 is 1.36. The molecule has 0 radical (unpaired) electrons. The number of rotatable bonds is 7. The van der Waals surface area contributed by atoms with Crippen LogP contribution in [-0.2, 0) is 4.79 Å². The van der Waals surface area contributed by atoms with Crippen molar-refractivity contribution in [1.29, 1.82) is 0 Å². The van der Waals surface area contributed by atoms with Gasteiger partial charge in [0.2, 0.25) is 5.91 Å². The van der Waals surface area contributed by atoms with E-state index in [4.69, 9.17) is 4.74 Å². The number of benzene rings is 2. The largest absolute Gasteiger partial charge is 0.497 e. The molecule has 2 aromatic carbocycles. The minimum absolute atomic E-state index is 0.0810. The van der Waals surface area contributed by atoms with Crippen molar-refractivity contribution < 1.29 is 9.53 Å². The van der Waals surface area contributed by atoms with Crippen LogP contribution in [0, 0.1) is 0 Å². The summed E-state index contributed by atoms with van der Waals surface area (Å²) in [6, 6.07) is 15.6. The maximum absolute atomic E-state index is 12.6. The highest BCUT2D eigenvalue weighted by atomic mass is 32.2. The minimum Gasteiger partial charge on any atom is -0.497 e. The fourth-order valence-electron chi connectivity index (χ4n) is 2.65. The molecule has 1 aromatic heterocycles. The highest BCUT2D eigenvalue weighted by molar-refractivity contribution is 8.00. The molecule has 1 unspecified atom stereocenters. The smallest absolute Gasteiger partial charge is 0.237 e. The van der Waals surface area contributed by atoms with Gasteiger partial charge in [-0.15, -0.1) is 10.2 Å². The van der Waals surface area contributed by atoms with Crippen LogP contribution in [0.25, 0.3) is 5.69 Å². The molecular weight excluding hydrogens is 372 g/mol. The summed E-state index contributed by atoms with van der Waals surface area (Å²) in [6.45, 7) is 6.14. The zero-order valence-electron chi connectivity index (χ0n) is 16.4. The first-order chi connectivity index (χ1) is 13.5. The van der Waals surface area contributed by atoms with E-state index >= 15 is 0 Å². The summed E-state index contributed by atoms with van der Waals surface area (Å²) < 4.78 is 7.12. The Morgan fingerprint density at radius 2 is 1.89 bits per heavy atom. The molecule has 1 heterocycles. The molecule has 3 aromatic rings. The second-order valence-electron chi connectivity index (χ2n) is 6.71. The Morgan fingerprint density at radius 1 is 1.14 bits per heavy atom. The molecule has 0 aliphatic heterocycles. The normalized spacial score (nSPS) is 12.0. The third-order valence-corrected chi connectivity index (χ3v) is 5.40. The Morgan fingerprint density at radius 3 is 2.57 bits per heavy atom. The third kappa shape index (κ3) is 4.72. The molecule has 0 spiro atoms. The number of nitrogens with zero attached hydrogens (tertiary/aromatic N) is 3.